The highest BCUT2D eigenvalue weighted by atomic mass is 16.5. The fourth-order valence-electron chi connectivity index (χ4n) is 2.95. The number of carboxylic acids is 1. The first-order valence-corrected chi connectivity index (χ1v) is 4.95. The van der Waals surface area contributed by atoms with Gasteiger partial charge in [0.15, 0.2) is 0 Å². The topological polar surface area (TPSA) is 46.5 Å². The van der Waals surface area contributed by atoms with Crippen LogP contribution in [0.5, 0.6) is 0 Å². The van der Waals surface area contributed by atoms with Gasteiger partial charge in [0.1, 0.15) is 0 Å². The highest BCUT2D eigenvalue weighted by Crippen LogP contribution is 2.51. The molecule has 0 heterocycles. The van der Waals surface area contributed by atoms with Crippen LogP contribution in [0.25, 0.3) is 0 Å². The lowest BCUT2D eigenvalue weighted by Gasteiger charge is -2.48. The van der Waals surface area contributed by atoms with E-state index in [9.17, 15) is 9.90 Å². The van der Waals surface area contributed by atoms with E-state index in [4.69, 9.17) is 4.74 Å². The quantitative estimate of drug-likeness (QED) is 0.710. The van der Waals surface area contributed by atoms with Crippen molar-refractivity contribution in [1.82, 2.24) is 0 Å². The zero-order chi connectivity index (χ0) is 9.47. The summed E-state index contributed by atoms with van der Waals surface area (Å²) in [6.07, 6.45) is 4.68. The molecule has 0 aromatic carbocycles. The van der Waals surface area contributed by atoms with Gasteiger partial charge in [-0.15, -0.1) is 0 Å². The van der Waals surface area contributed by atoms with Crippen molar-refractivity contribution in [1.29, 1.82) is 0 Å². The van der Waals surface area contributed by atoms with Crippen molar-refractivity contribution in [3.63, 3.8) is 0 Å². The number of carbonyl (C=O) groups is 1. The van der Waals surface area contributed by atoms with Crippen LogP contribution in [0, 0.1) is 11.3 Å². The summed E-state index contributed by atoms with van der Waals surface area (Å²) in [5, 5.41) is 9.23. The van der Waals surface area contributed by atoms with Crippen molar-refractivity contribution in [2.24, 2.45) is 11.3 Å². The molecule has 2 bridgehead atoms. The number of ether oxygens (including phenoxy) is 1. The fraction of sp³-hybridized carbons (Fsp3) is 0.900. The van der Waals surface area contributed by atoms with Gasteiger partial charge in [-0.3, -0.25) is 4.79 Å². The summed E-state index contributed by atoms with van der Waals surface area (Å²) in [4.78, 5) is 11.2. The molecule has 0 aromatic rings. The van der Waals surface area contributed by atoms with Crippen molar-refractivity contribution in [3.05, 3.63) is 0 Å². The van der Waals surface area contributed by atoms with Gasteiger partial charge < -0.3 is 9.84 Å². The van der Waals surface area contributed by atoms with Crippen LogP contribution in [0.15, 0.2) is 0 Å². The Balaban J connectivity index is 2.25. The van der Waals surface area contributed by atoms with E-state index in [-0.39, 0.29) is 6.10 Å². The molecule has 3 fully saturated rings. The van der Waals surface area contributed by atoms with Crippen LogP contribution in [-0.2, 0) is 9.53 Å². The van der Waals surface area contributed by atoms with E-state index in [0.29, 0.717) is 5.92 Å². The Kier molecular flexibility index (Phi) is 2.06. The maximum atomic E-state index is 11.2. The molecule has 13 heavy (non-hydrogen) atoms. The fourth-order valence-corrected chi connectivity index (χ4v) is 2.95. The highest BCUT2D eigenvalue weighted by Gasteiger charge is 2.53. The summed E-state index contributed by atoms with van der Waals surface area (Å²) in [5.41, 5.74) is -0.552. The Morgan fingerprint density at radius 3 is 2.46 bits per heavy atom. The second-order valence-corrected chi connectivity index (χ2v) is 4.36. The van der Waals surface area contributed by atoms with Gasteiger partial charge in [0.05, 0.1) is 11.5 Å². The van der Waals surface area contributed by atoms with E-state index in [0.717, 1.165) is 32.1 Å². The third kappa shape index (κ3) is 1.17. The van der Waals surface area contributed by atoms with E-state index in [1.165, 1.54) is 0 Å². The predicted octanol–water partition coefficient (Wildman–Crippen LogP) is 1.67. The molecule has 3 saturated carbocycles. The second-order valence-electron chi connectivity index (χ2n) is 4.36. The smallest absolute Gasteiger partial charge is 0.312 e. The molecule has 0 aliphatic heterocycles. The monoisotopic (exact) mass is 184 g/mol. The first-order chi connectivity index (χ1) is 6.19. The highest BCUT2D eigenvalue weighted by molar-refractivity contribution is 5.76. The van der Waals surface area contributed by atoms with Crippen molar-refractivity contribution >= 4 is 5.97 Å². The first kappa shape index (κ1) is 9.00. The molecule has 0 amide bonds. The molecule has 0 spiro atoms. The molecule has 3 aliphatic carbocycles. The van der Waals surface area contributed by atoms with E-state index in [1.807, 2.05) is 0 Å². The van der Waals surface area contributed by atoms with E-state index in [2.05, 4.69) is 0 Å². The molecule has 1 atom stereocenters. The summed E-state index contributed by atoms with van der Waals surface area (Å²) in [6.45, 7) is 0. The Morgan fingerprint density at radius 1 is 1.46 bits per heavy atom. The maximum absolute atomic E-state index is 11.2. The number of methoxy groups -OCH3 is 1. The molecule has 3 nitrogen and oxygen atoms in total. The van der Waals surface area contributed by atoms with Crippen LogP contribution in [0.4, 0.5) is 0 Å². The van der Waals surface area contributed by atoms with Crippen molar-refractivity contribution < 1.29 is 14.6 Å². The van der Waals surface area contributed by atoms with Crippen molar-refractivity contribution in [2.45, 2.75) is 38.2 Å². The van der Waals surface area contributed by atoms with Gasteiger partial charge in [-0.05, 0) is 38.0 Å². The van der Waals surface area contributed by atoms with Crippen LogP contribution < -0.4 is 0 Å². The minimum Gasteiger partial charge on any atom is -0.481 e. The van der Waals surface area contributed by atoms with Gasteiger partial charge in [-0.1, -0.05) is 0 Å². The molecular weight excluding hydrogens is 168 g/mol. The molecule has 3 aliphatic rings. The van der Waals surface area contributed by atoms with Crippen LogP contribution >= 0.6 is 0 Å². The summed E-state index contributed by atoms with van der Waals surface area (Å²) < 4.78 is 5.31. The zero-order valence-electron chi connectivity index (χ0n) is 7.95. The Hall–Kier alpha value is -0.570. The average Bonchev–Trinajstić information content (AvgIpc) is 2.19. The number of hydrogen-bond acceptors (Lipinski definition) is 2. The van der Waals surface area contributed by atoms with Crippen molar-refractivity contribution in [2.75, 3.05) is 7.11 Å². The number of hydrogen-bond donors (Lipinski definition) is 1. The van der Waals surface area contributed by atoms with Gasteiger partial charge in [0.25, 0.3) is 0 Å². The van der Waals surface area contributed by atoms with Gasteiger partial charge in [0.2, 0.25) is 0 Å². The summed E-state index contributed by atoms with van der Waals surface area (Å²) in [5.74, 6) is 0.0590. The van der Waals surface area contributed by atoms with Crippen LogP contribution in [0.3, 0.4) is 0 Å². The predicted molar refractivity (Wildman–Crippen MR) is 47.4 cm³/mol. The molecule has 3 heteroatoms. The zero-order valence-corrected chi connectivity index (χ0v) is 7.95. The summed E-state index contributed by atoms with van der Waals surface area (Å²) >= 11 is 0. The van der Waals surface area contributed by atoms with Crippen LogP contribution in [0.1, 0.15) is 32.1 Å². The largest absolute Gasteiger partial charge is 0.481 e. The summed E-state index contributed by atoms with van der Waals surface area (Å²) in [6, 6.07) is 0. The third-order valence-corrected chi connectivity index (χ3v) is 3.87. The van der Waals surface area contributed by atoms with E-state index < -0.39 is 11.4 Å². The van der Waals surface area contributed by atoms with Crippen molar-refractivity contribution in [3.8, 4) is 0 Å². The average molecular weight is 184 g/mol. The number of fused-ring (bicyclic) bond motifs is 3. The second kappa shape index (κ2) is 2.98. The lowest BCUT2D eigenvalue weighted by molar-refractivity contribution is -0.172. The normalized spacial score (nSPS) is 43.5. The minimum absolute atomic E-state index is 0.0440. The minimum atomic E-state index is -0.655. The standard InChI is InChI=1S/C10H16O3/c1-13-8-6-7-2-4-10(8,5-3-7)9(11)12/h7-8H,2-6H2,1H3,(H,11,12). The molecule has 74 valence electrons. The summed E-state index contributed by atoms with van der Waals surface area (Å²) in [7, 11) is 1.63. The first-order valence-electron chi connectivity index (χ1n) is 4.95. The number of carboxylic acid groups (broad SMARTS) is 1. The third-order valence-electron chi connectivity index (χ3n) is 3.87. The van der Waals surface area contributed by atoms with Crippen LogP contribution in [0.2, 0.25) is 0 Å². The van der Waals surface area contributed by atoms with Gasteiger partial charge >= 0.3 is 5.97 Å². The molecule has 3 rings (SSSR count). The molecule has 1 unspecified atom stereocenters. The van der Waals surface area contributed by atoms with E-state index >= 15 is 0 Å². The van der Waals surface area contributed by atoms with E-state index in [1.54, 1.807) is 7.11 Å². The Morgan fingerprint density at radius 2 is 2.08 bits per heavy atom. The maximum Gasteiger partial charge on any atom is 0.312 e. The molecule has 0 aromatic heterocycles. The van der Waals surface area contributed by atoms with Gasteiger partial charge in [-0.2, -0.15) is 0 Å². The SMILES string of the molecule is COC1CC2CCC1(C(=O)O)CC2. The molecular formula is C10H16O3. The van der Waals surface area contributed by atoms with Gasteiger partial charge in [-0.25, -0.2) is 0 Å². The van der Waals surface area contributed by atoms with Gasteiger partial charge in [0, 0.05) is 7.11 Å². The lowest BCUT2D eigenvalue weighted by atomic mass is 9.59. The van der Waals surface area contributed by atoms with Crippen LogP contribution in [-0.4, -0.2) is 24.3 Å². The Labute approximate surface area is 78.1 Å². The lowest BCUT2D eigenvalue weighted by Crippen LogP contribution is -2.51. The Bertz CT molecular complexity index is 216. The molecule has 0 saturated heterocycles. The number of rotatable bonds is 2. The molecule has 1 N–H and O–H groups in total. The number of aliphatic carboxylic acids is 1. The molecule has 0 radical (unpaired) electrons.